The second-order valence-electron chi connectivity index (χ2n) is 6.64. The molecule has 1 unspecified atom stereocenters. The smallest absolute Gasteiger partial charge is 0.313 e. The first-order valence-electron chi connectivity index (χ1n) is 8.94. The monoisotopic (exact) mass is 451 g/mol. The van der Waals surface area contributed by atoms with Gasteiger partial charge in [-0.25, -0.2) is 4.79 Å². The number of carbonyl (C=O) groups is 1. The summed E-state index contributed by atoms with van der Waals surface area (Å²) in [7, 11) is 0. The minimum absolute atomic E-state index is 0.0825. The summed E-state index contributed by atoms with van der Waals surface area (Å²) in [5.41, 5.74) is 0.0970. The van der Waals surface area contributed by atoms with Gasteiger partial charge in [-0.2, -0.15) is 0 Å². The molecule has 0 amide bonds. The molecule has 0 aliphatic heterocycles. The number of hydrogen-bond acceptors (Lipinski definition) is 7. The SMILES string of the molecule is O=C(O/N=C1\CCCCC1c1ccc([N+](=O)[O-])cc1[N+](=O)[O-])c1ccc(Cl)cc1Cl. The Balaban J connectivity index is 1.90. The lowest BCUT2D eigenvalue weighted by Gasteiger charge is -2.23. The number of oxime groups is 1. The van der Waals surface area contributed by atoms with Crippen LogP contribution in [0.25, 0.3) is 0 Å². The first kappa shape index (κ1) is 21.7. The summed E-state index contributed by atoms with van der Waals surface area (Å²) in [6, 6.07) is 7.80. The zero-order chi connectivity index (χ0) is 21.8. The first-order chi connectivity index (χ1) is 14.3. The van der Waals surface area contributed by atoms with Crippen LogP contribution in [0, 0.1) is 20.2 Å². The van der Waals surface area contributed by atoms with Crippen molar-refractivity contribution in [3.8, 4) is 0 Å². The van der Waals surface area contributed by atoms with Crippen LogP contribution in [0.4, 0.5) is 11.4 Å². The van der Waals surface area contributed by atoms with Crippen molar-refractivity contribution in [2.45, 2.75) is 31.6 Å². The van der Waals surface area contributed by atoms with Crippen molar-refractivity contribution in [1.29, 1.82) is 0 Å². The molecule has 0 spiro atoms. The van der Waals surface area contributed by atoms with E-state index < -0.39 is 21.7 Å². The van der Waals surface area contributed by atoms with Gasteiger partial charge in [0.1, 0.15) is 0 Å². The topological polar surface area (TPSA) is 125 Å². The average molecular weight is 452 g/mol. The summed E-state index contributed by atoms with van der Waals surface area (Å²) in [5, 5.41) is 26.9. The second-order valence-corrected chi connectivity index (χ2v) is 7.48. The van der Waals surface area contributed by atoms with Crippen LogP contribution < -0.4 is 0 Å². The van der Waals surface area contributed by atoms with E-state index in [2.05, 4.69) is 5.16 Å². The molecule has 2 aromatic rings. The molecule has 0 N–H and O–H groups in total. The van der Waals surface area contributed by atoms with Gasteiger partial charge in [0.2, 0.25) is 0 Å². The van der Waals surface area contributed by atoms with E-state index in [0.717, 1.165) is 18.9 Å². The maximum atomic E-state index is 12.3. The fraction of sp³-hybridized carbons (Fsp3) is 0.263. The van der Waals surface area contributed by atoms with Crippen molar-refractivity contribution in [2.24, 2.45) is 5.16 Å². The van der Waals surface area contributed by atoms with Crippen molar-refractivity contribution >= 4 is 46.3 Å². The quantitative estimate of drug-likeness (QED) is 0.326. The number of rotatable bonds is 5. The molecule has 0 aromatic heterocycles. The number of halogens is 2. The maximum Gasteiger partial charge on any atom is 0.367 e. The van der Waals surface area contributed by atoms with Gasteiger partial charge in [-0.15, -0.1) is 0 Å². The summed E-state index contributed by atoms with van der Waals surface area (Å²) in [6.07, 6.45) is 2.57. The molecule has 1 saturated carbocycles. The molecular formula is C19H15Cl2N3O6. The van der Waals surface area contributed by atoms with Crippen LogP contribution >= 0.6 is 23.2 Å². The number of non-ortho nitro benzene ring substituents is 1. The molecule has 2 aromatic carbocycles. The highest BCUT2D eigenvalue weighted by molar-refractivity contribution is 6.36. The average Bonchev–Trinajstić information content (AvgIpc) is 2.71. The number of benzene rings is 2. The number of hydrogen-bond donors (Lipinski definition) is 0. The van der Waals surface area contributed by atoms with E-state index >= 15 is 0 Å². The molecule has 1 aliphatic rings. The van der Waals surface area contributed by atoms with Crippen LogP contribution in [0.5, 0.6) is 0 Å². The van der Waals surface area contributed by atoms with Gasteiger partial charge in [0.15, 0.2) is 0 Å². The lowest BCUT2D eigenvalue weighted by molar-refractivity contribution is -0.394. The van der Waals surface area contributed by atoms with Crippen LogP contribution in [0.15, 0.2) is 41.6 Å². The van der Waals surface area contributed by atoms with Crippen LogP contribution in [-0.2, 0) is 4.84 Å². The Hall–Kier alpha value is -3.04. The van der Waals surface area contributed by atoms with Crippen molar-refractivity contribution in [3.05, 3.63) is 77.8 Å². The normalized spacial score (nSPS) is 17.5. The number of nitro groups is 2. The fourth-order valence-electron chi connectivity index (χ4n) is 3.34. The maximum absolute atomic E-state index is 12.3. The van der Waals surface area contributed by atoms with Gasteiger partial charge in [0.05, 0.1) is 32.2 Å². The number of carbonyl (C=O) groups excluding carboxylic acids is 1. The lowest BCUT2D eigenvalue weighted by atomic mass is 9.81. The molecule has 1 aliphatic carbocycles. The van der Waals surface area contributed by atoms with Gasteiger partial charge in [-0.3, -0.25) is 20.2 Å². The first-order valence-corrected chi connectivity index (χ1v) is 9.69. The van der Waals surface area contributed by atoms with Gasteiger partial charge in [-0.05, 0) is 43.5 Å². The van der Waals surface area contributed by atoms with Gasteiger partial charge in [0.25, 0.3) is 11.4 Å². The Labute approximate surface area is 180 Å². The Morgan fingerprint density at radius 1 is 1.07 bits per heavy atom. The standard InChI is InChI=1S/C19H15Cl2N3O6/c20-11-5-7-15(16(21)9-11)19(25)30-22-17-4-2-1-3-13(17)14-8-6-12(23(26)27)10-18(14)24(28)29/h5-10,13H,1-4H2/b22-17+. The molecular weight excluding hydrogens is 437 g/mol. The van der Waals surface area contributed by atoms with Crippen molar-refractivity contribution in [3.63, 3.8) is 0 Å². The number of nitro benzene ring substituents is 2. The Morgan fingerprint density at radius 3 is 2.50 bits per heavy atom. The Kier molecular flexibility index (Phi) is 6.63. The van der Waals surface area contributed by atoms with Gasteiger partial charge >= 0.3 is 5.97 Å². The van der Waals surface area contributed by atoms with E-state index in [9.17, 15) is 25.0 Å². The van der Waals surface area contributed by atoms with E-state index in [4.69, 9.17) is 28.0 Å². The van der Waals surface area contributed by atoms with E-state index in [1.807, 2.05) is 0 Å². The van der Waals surface area contributed by atoms with Crippen LogP contribution in [0.3, 0.4) is 0 Å². The summed E-state index contributed by atoms with van der Waals surface area (Å²) in [6.45, 7) is 0. The molecule has 3 rings (SSSR count). The molecule has 0 bridgehead atoms. The summed E-state index contributed by atoms with van der Waals surface area (Å²) >= 11 is 11.8. The highest BCUT2D eigenvalue weighted by Crippen LogP contribution is 2.37. The summed E-state index contributed by atoms with van der Waals surface area (Å²) < 4.78 is 0. The van der Waals surface area contributed by atoms with E-state index in [0.29, 0.717) is 29.1 Å². The van der Waals surface area contributed by atoms with Gasteiger partial charge < -0.3 is 4.84 Å². The van der Waals surface area contributed by atoms with Gasteiger partial charge in [-0.1, -0.05) is 34.8 Å². The fourth-order valence-corrected chi connectivity index (χ4v) is 3.83. The van der Waals surface area contributed by atoms with Gasteiger partial charge in [0, 0.05) is 22.6 Å². The third-order valence-corrected chi connectivity index (χ3v) is 5.32. The molecule has 30 heavy (non-hydrogen) atoms. The summed E-state index contributed by atoms with van der Waals surface area (Å²) in [5.74, 6) is -1.28. The Bertz CT molecular complexity index is 1060. The predicted octanol–water partition coefficient (Wildman–Crippen LogP) is 5.68. The summed E-state index contributed by atoms with van der Waals surface area (Å²) in [4.78, 5) is 38.5. The molecule has 1 fully saturated rings. The predicted molar refractivity (Wildman–Crippen MR) is 110 cm³/mol. The zero-order valence-corrected chi connectivity index (χ0v) is 16.9. The minimum Gasteiger partial charge on any atom is -0.313 e. The van der Waals surface area contributed by atoms with Crippen LogP contribution in [0.1, 0.15) is 47.5 Å². The Morgan fingerprint density at radius 2 is 1.83 bits per heavy atom. The highest BCUT2D eigenvalue weighted by Gasteiger charge is 2.31. The van der Waals surface area contributed by atoms with E-state index in [1.54, 1.807) is 0 Å². The molecule has 156 valence electrons. The van der Waals surface area contributed by atoms with Crippen LogP contribution in [-0.4, -0.2) is 21.5 Å². The van der Waals surface area contributed by atoms with E-state index in [-0.39, 0.29) is 22.0 Å². The third-order valence-electron chi connectivity index (χ3n) is 4.77. The van der Waals surface area contributed by atoms with Crippen molar-refractivity contribution < 1.29 is 19.5 Å². The molecule has 1 atom stereocenters. The second kappa shape index (κ2) is 9.19. The highest BCUT2D eigenvalue weighted by atomic mass is 35.5. The minimum atomic E-state index is -0.785. The van der Waals surface area contributed by atoms with Crippen molar-refractivity contribution in [1.82, 2.24) is 0 Å². The third kappa shape index (κ3) is 4.74. The molecule has 0 saturated heterocycles. The van der Waals surface area contributed by atoms with Crippen LogP contribution in [0.2, 0.25) is 10.0 Å². The van der Waals surface area contributed by atoms with Crippen molar-refractivity contribution in [2.75, 3.05) is 0 Å². The molecule has 9 nitrogen and oxygen atoms in total. The largest absolute Gasteiger partial charge is 0.367 e. The number of nitrogens with zero attached hydrogens (tertiary/aromatic N) is 3. The molecule has 11 heteroatoms. The van der Waals surface area contributed by atoms with E-state index in [1.165, 1.54) is 30.3 Å². The lowest BCUT2D eigenvalue weighted by Crippen LogP contribution is -2.20. The molecule has 0 radical (unpaired) electrons. The zero-order valence-electron chi connectivity index (χ0n) is 15.4. The molecule has 0 heterocycles.